The minimum atomic E-state index is -0.890. The predicted molar refractivity (Wildman–Crippen MR) is 40.6 cm³/mol. The normalized spacial score (nSPS) is 12.5. The van der Waals surface area contributed by atoms with Crippen LogP contribution in [-0.2, 0) is 4.79 Å². The van der Waals surface area contributed by atoms with Crippen LogP contribution in [-0.4, -0.2) is 26.7 Å². The Kier molecular flexibility index (Phi) is 2.37. The molecule has 0 aromatic carbocycles. The van der Waals surface area contributed by atoms with E-state index in [1.807, 2.05) is 0 Å². The van der Waals surface area contributed by atoms with Crippen LogP contribution in [0.3, 0.4) is 0 Å². The summed E-state index contributed by atoms with van der Waals surface area (Å²) in [4.78, 5) is 10.3. The first kappa shape index (κ1) is 7.93. The Morgan fingerprint density at radius 1 is 1.91 bits per heavy atom. The molecule has 0 fully saturated rings. The summed E-state index contributed by atoms with van der Waals surface area (Å²) in [5, 5.41) is 15.4. The number of carboxylic acid groups (broad SMARTS) is 1. The van der Waals surface area contributed by atoms with E-state index in [-0.39, 0.29) is 0 Å². The van der Waals surface area contributed by atoms with Crippen molar-refractivity contribution < 1.29 is 9.90 Å². The smallest absolute Gasteiger partial charge is 0.325 e. The molecular weight excluding hydrogens is 166 g/mol. The topological polar surface area (TPSA) is 75.1 Å². The molecule has 1 atom stereocenters. The Morgan fingerprint density at radius 3 is 3.09 bits per heavy atom. The van der Waals surface area contributed by atoms with Gasteiger partial charge in [-0.2, -0.15) is 0 Å². The van der Waals surface area contributed by atoms with Crippen molar-refractivity contribution >= 4 is 22.5 Å². The van der Waals surface area contributed by atoms with E-state index >= 15 is 0 Å². The molecule has 0 saturated heterocycles. The van der Waals surface area contributed by atoms with Crippen LogP contribution >= 0.6 is 11.5 Å². The van der Waals surface area contributed by atoms with Gasteiger partial charge in [-0.25, -0.2) is 0 Å². The van der Waals surface area contributed by atoms with Gasteiger partial charge >= 0.3 is 5.97 Å². The second kappa shape index (κ2) is 3.29. The SMILES string of the molecule is CC(Nc1cnns1)C(=O)O. The molecule has 0 aliphatic rings. The lowest BCUT2D eigenvalue weighted by Gasteiger charge is -2.05. The molecule has 5 nitrogen and oxygen atoms in total. The van der Waals surface area contributed by atoms with Crippen LogP contribution in [0.1, 0.15) is 6.92 Å². The van der Waals surface area contributed by atoms with E-state index in [0.717, 1.165) is 11.5 Å². The highest BCUT2D eigenvalue weighted by atomic mass is 32.1. The Bertz CT molecular complexity index is 236. The fourth-order valence-corrected chi connectivity index (χ4v) is 1.01. The van der Waals surface area contributed by atoms with Gasteiger partial charge in [0.15, 0.2) is 0 Å². The van der Waals surface area contributed by atoms with Gasteiger partial charge in [0.25, 0.3) is 0 Å². The summed E-state index contributed by atoms with van der Waals surface area (Å²) < 4.78 is 3.57. The number of carboxylic acids is 1. The lowest BCUT2D eigenvalue weighted by Crippen LogP contribution is -2.24. The van der Waals surface area contributed by atoms with Crippen molar-refractivity contribution in [1.82, 2.24) is 9.59 Å². The van der Waals surface area contributed by atoms with Gasteiger partial charge in [-0.15, -0.1) is 5.10 Å². The highest BCUT2D eigenvalue weighted by Gasteiger charge is 2.10. The third-order valence-electron chi connectivity index (χ3n) is 1.09. The molecule has 1 rings (SSSR count). The quantitative estimate of drug-likeness (QED) is 0.693. The molecule has 1 unspecified atom stereocenters. The molecule has 6 heteroatoms. The van der Waals surface area contributed by atoms with Gasteiger partial charge in [0.1, 0.15) is 11.0 Å². The van der Waals surface area contributed by atoms with Gasteiger partial charge < -0.3 is 10.4 Å². The molecule has 0 bridgehead atoms. The summed E-state index contributed by atoms with van der Waals surface area (Å²) in [6.45, 7) is 1.56. The number of hydrogen-bond acceptors (Lipinski definition) is 5. The fraction of sp³-hybridized carbons (Fsp3) is 0.400. The van der Waals surface area contributed by atoms with Crippen molar-refractivity contribution in [2.45, 2.75) is 13.0 Å². The van der Waals surface area contributed by atoms with E-state index in [2.05, 4.69) is 14.9 Å². The lowest BCUT2D eigenvalue weighted by molar-refractivity contribution is -0.137. The summed E-state index contributed by atoms with van der Waals surface area (Å²) in [6, 6.07) is -0.600. The molecule has 1 aromatic rings. The Balaban J connectivity index is 2.50. The zero-order valence-corrected chi connectivity index (χ0v) is 6.63. The van der Waals surface area contributed by atoms with Gasteiger partial charge in [-0.1, -0.05) is 4.49 Å². The average Bonchev–Trinajstić information content (AvgIpc) is 2.39. The van der Waals surface area contributed by atoms with Crippen LogP contribution in [0.25, 0.3) is 0 Å². The number of nitrogens with zero attached hydrogens (tertiary/aromatic N) is 2. The summed E-state index contributed by atoms with van der Waals surface area (Å²) in [5.41, 5.74) is 0. The van der Waals surface area contributed by atoms with Gasteiger partial charge in [0.05, 0.1) is 6.20 Å². The van der Waals surface area contributed by atoms with Gasteiger partial charge in [0, 0.05) is 11.5 Å². The van der Waals surface area contributed by atoms with Crippen LogP contribution in [0.4, 0.5) is 5.00 Å². The van der Waals surface area contributed by atoms with Crippen molar-refractivity contribution in [3.8, 4) is 0 Å². The van der Waals surface area contributed by atoms with Crippen molar-refractivity contribution in [2.75, 3.05) is 5.32 Å². The number of aliphatic carboxylic acids is 1. The third-order valence-corrected chi connectivity index (χ3v) is 1.69. The highest BCUT2D eigenvalue weighted by Crippen LogP contribution is 2.10. The molecule has 0 aliphatic heterocycles. The molecule has 1 heterocycles. The summed E-state index contributed by atoms with van der Waals surface area (Å²) in [5.74, 6) is -0.890. The van der Waals surface area contributed by atoms with Crippen LogP contribution < -0.4 is 5.32 Å². The first-order valence-electron chi connectivity index (χ1n) is 2.97. The van der Waals surface area contributed by atoms with E-state index < -0.39 is 12.0 Å². The van der Waals surface area contributed by atoms with Crippen LogP contribution in [0.2, 0.25) is 0 Å². The van der Waals surface area contributed by atoms with Crippen LogP contribution in [0.15, 0.2) is 6.20 Å². The highest BCUT2D eigenvalue weighted by molar-refractivity contribution is 7.09. The average molecular weight is 173 g/mol. The van der Waals surface area contributed by atoms with Crippen LogP contribution in [0.5, 0.6) is 0 Å². The van der Waals surface area contributed by atoms with Crippen LogP contribution in [0, 0.1) is 0 Å². The summed E-state index contributed by atoms with van der Waals surface area (Å²) >= 11 is 1.13. The molecule has 60 valence electrons. The fourth-order valence-electron chi connectivity index (χ4n) is 0.506. The second-order valence-corrected chi connectivity index (χ2v) is 2.77. The third kappa shape index (κ3) is 2.15. The Morgan fingerprint density at radius 2 is 2.64 bits per heavy atom. The van der Waals surface area contributed by atoms with Gasteiger partial charge in [0.2, 0.25) is 0 Å². The zero-order valence-electron chi connectivity index (χ0n) is 5.81. The molecule has 11 heavy (non-hydrogen) atoms. The largest absolute Gasteiger partial charge is 0.480 e. The molecule has 0 amide bonds. The molecule has 1 aromatic heterocycles. The Hall–Kier alpha value is -1.17. The van der Waals surface area contributed by atoms with Crippen molar-refractivity contribution in [3.63, 3.8) is 0 Å². The minimum absolute atomic E-state index is 0.600. The maximum absolute atomic E-state index is 10.3. The lowest BCUT2D eigenvalue weighted by atomic mass is 10.3. The van der Waals surface area contributed by atoms with Gasteiger partial charge in [-0.3, -0.25) is 4.79 Å². The molecule has 0 radical (unpaired) electrons. The monoisotopic (exact) mass is 173 g/mol. The maximum Gasteiger partial charge on any atom is 0.325 e. The van der Waals surface area contributed by atoms with E-state index in [9.17, 15) is 4.79 Å². The van der Waals surface area contributed by atoms with Crippen molar-refractivity contribution in [2.24, 2.45) is 0 Å². The summed E-state index contributed by atoms with van der Waals surface area (Å²) in [6.07, 6.45) is 1.49. The number of nitrogens with one attached hydrogen (secondary N) is 1. The first-order valence-corrected chi connectivity index (χ1v) is 3.74. The number of anilines is 1. The molecule has 0 saturated carbocycles. The van der Waals surface area contributed by atoms with Crippen molar-refractivity contribution in [1.29, 1.82) is 0 Å². The molecule has 0 spiro atoms. The van der Waals surface area contributed by atoms with E-state index in [0.29, 0.717) is 5.00 Å². The number of hydrogen-bond donors (Lipinski definition) is 2. The van der Waals surface area contributed by atoms with E-state index in [4.69, 9.17) is 5.11 Å². The number of aromatic nitrogens is 2. The maximum atomic E-state index is 10.3. The summed E-state index contributed by atoms with van der Waals surface area (Å²) in [7, 11) is 0. The standard InChI is InChI=1S/C5H7N3O2S/c1-3(5(9)10)7-4-2-6-8-11-4/h2-3,7H,1H3,(H,9,10). The zero-order chi connectivity index (χ0) is 8.27. The van der Waals surface area contributed by atoms with Crippen molar-refractivity contribution in [3.05, 3.63) is 6.20 Å². The number of carbonyl (C=O) groups is 1. The molecule has 2 N–H and O–H groups in total. The predicted octanol–water partition coefficient (Wildman–Crippen LogP) is 0.423. The Labute approximate surface area is 67.2 Å². The minimum Gasteiger partial charge on any atom is -0.480 e. The van der Waals surface area contributed by atoms with E-state index in [1.165, 1.54) is 6.20 Å². The van der Waals surface area contributed by atoms with Gasteiger partial charge in [-0.05, 0) is 6.92 Å². The van der Waals surface area contributed by atoms with E-state index in [1.54, 1.807) is 6.92 Å². The molecular formula is C5H7N3O2S. The number of rotatable bonds is 3. The first-order chi connectivity index (χ1) is 5.20. The second-order valence-electron chi connectivity index (χ2n) is 1.99. The molecule has 0 aliphatic carbocycles.